The Balaban J connectivity index is 0.924. The molecule has 5 aromatic carbocycles. The molecule has 2 atom stereocenters. The van der Waals surface area contributed by atoms with Crippen LogP contribution < -0.4 is 33.5 Å². The Morgan fingerprint density at radius 2 is 1.10 bits per heavy atom. The monoisotopic (exact) mass is 945 g/mol. The maximum atomic E-state index is 14.1. The van der Waals surface area contributed by atoms with Gasteiger partial charge in [-0.15, -0.1) is 5.06 Å². The van der Waals surface area contributed by atoms with Crippen molar-refractivity contribution in [3.8, 4) is 28.7 Å². The Morgan fingerprint density at radius 3 is 1.57 bits per heavy atom. The number of methoxy groups -OCH3 is 2. The van der Waals surface area contributed by atoms with Gasteiger partial charge in [0.2, 0.25) is 0 Å². The van der Waals surface area contributed by atoms with Crippen LogP contribution in [0.1, 0.15) is 89.9 Å². The number of nitrogens with zero attached hydrogens (tertiary/aromatic N) is 5. The number of hydrogen-bond donors (Lipinski definition) is 0. The highest BCUT2D eigenvalue weighted by Crippen LogP contribution is 2.44. The van der Waals surface area contributed by atoms with Gasteiger partial charge in [0.05, 0.1) is 54.2 Å². The van der Waals surface area contributed by atoms with E-state index >= 15 is 0 Å². The van der Waals surface area contributed by atoms with Crippen molar-refractivity contribution in [2.75, 3.05) is 24.0 Å². The second-order valence-electron chi connectivity index (χ2n) is 19.2. The van der Waals surface area contributed by atoms with Crippen molar-refractivity contribution in [1.82, 2.24) is 5.06 Å². The van der Waals surface area contributed by atoms with Crippen LogP contribution in [-0.2, 0) is 45.3 Å². The lowest BCUT2D eigenvalue weighted by Crippen LogP contribution is -2.42. The number of hydrogen-bond acceptors (Lipinski definition) is 13. The van der Waals surface area contributed by atoms with Crippen molar-refractivity contribution in [3.63, 3.8) is 0 Å². The molecule has 0 aliphatic carbocycles. The van der Waals surface area contributed by atoms with E-state index < -0.39 is 28.8 Å². The van der Waals surface area contributed by atoms with Gasteiger partial charge >= 0.3 is 5.97 Å². The molecule has 1 saturated heterocycles. The molecule has 10 rings (SSSR count). The van der Waals surface area contributed by atoms with Gasteiger partial charge in [0.15, 0.2) is 23.0 Å². The lowest BCUT2D eigenvalue weighted by atomic mass is 9.81. The number of rotatable bonds is 14. The van der Waals surface area contributed by atoms with Crippen LogP contribution >= 0.6 is 0 Å². The molecule has 0 N–H and O–H groups in total. The third kappa shape index (κ3) is 8.58. The van der Waals surface area contributed by atoms with E-state index in [0.717, 1.165) is 22.5 Å². The number of ether oxygens (including phenoxy) is 5. The lowest BCUT2D eigenvalue weighted by Gasteiger charge is -2.34. The van der Waals surface area contributed by atoms with Crippen LogP contribution in [0.25, 0.3) is 0 Å². The van der Waals surface area contributed by atoms with E-state index in [4.69, 9.17) is 38.5 Å². The molecule has 5 aliphatic rings. The number of carbonyl (C=O) groups is 5. The van der Waals surface area contributed by atoms with Crippen LogP contribution in [0.5, 0.6) is 28.7 Å². The van der Waals surface area contributed by atoms with Crippen molar-refractivity contribution in [2.24, 2.45) is 15.4 Å². The van der Waals surface area contributed by atoms with E-state index in [1.807, 2.05) is 80.6 Å². The molecule has 4 amide bonds. The number of carbonyl (C=O) groups excluding carboxylic acids is 5. The molecule has 0 unspecified atom stereocenters. The minimum atomic E-state index is -1.19. The zero-order chi connectivity index (χ0) is 49.1. The molecule has 0 radical (unpaired) electrons. The minimum absolute atomic E-state index is 0.0177. The van der Waals surface area contributed by atoms with Gasteiger partial charge in [-0.25, -0.2) is 4.79 Å². The van der Waals surface area contributed by atoms with E-state index in [1.165, 1.54) is 14.2 Å². The average molecular weight is 946 g/mol. The summed E-state index contributed by atoms with van der Waals surface area (Å²) in [6.07, 6.45) is 5.01. The number of amides is 4. The van der Waals surface area contributed by atoms with Gasteiger partial charge in [0, 0.05) is 68.0 Å². The number of aliphatic imine (C=N–C) groups is 2. The van der Waals surface area contributed by atoms with Crippen LogP contribution in [0.4, 0.5) is 22.7 Å². The van der Waals surface area contributed by atoms with E-state index in [1.54, 1.807) is 60.3 Å². The number of para-hydroxylation sites is 2. The Bertz CT molecular complexity index is 2890. The standard InChI is InChI=1S/C54H51N5O11/c1-53(2,52(64)70-59-48(60)15-16-49(59)61)30-54(3,4)69-37-18-31(28-67-46-24-40-38(22-44(46)65-5)50(62)57-35(26-55-40)20-33-11-7-9-13-42(33)57)17-32(19-37)29-68-47-25-41-39(23-45(47)66-6)51(63)58-36(27-56-41)21-34-12-8-10-14-43(34)58/h7-14,17-19,22-27,35-36H,15-16,20-21,28-30H2,1-6H3/t35-,36-/m0/s1. The maximum absolute atomic E-state index is 14.1. The molecule has 0 aromatic heterocycles. The largest absolute Gasteiger partial charge is 0.493 e. The SMILES string of the molecule is COc1cc2c(cc1OCc1cc(COc3cc4c(cc3OC)C(=O)N3c5ccccc5C[C@H]3C=N4)cc(OC(C)(C)CC(C)(C)C(=O)ON3C(=O)CCC3=O)c1)N=C[C@@H]1Cc3ccccc3N1C2=O. The first-order chi connectivity index (χ1) is 33.6. The molecular formula is C54H51N5O11. The Morgan fingerprint density at radius 1 is 0.629 bits per heavy atom. The van der Waals surface area contributed by atoms with Crippen LogP contribution in [0.15, 0.2) is 101 Å². The van der Waals surface area contributed by atoms with Crippen molar-refractivity contribution in [2.45, 2.75) is 90.7 Å². The van der Waals surface area contributed by atoms with Gasteiger partial charge < -0.3 is 28.5 Å². The zero-order valence-electron chi connectivity index (χ0n) is 39.6. The van der Waals surface area contributed by atoms with Gasteiger partial charge in [0.25, 0.3) is 23.6 Å². The number of hydroxylamine groups is 2. The molecule has 16 heteroatoms. The minimum Gasteiger partial charge on any atom is -0.493 e. The Hall–Kier alpha value is -8.01. The van der Waals surface area contributed by atoms with Crippen molar-refractivity contribution in [1.29, 1.82) is 0 Å². The fraction of sp³-hybridized carbons (Fsp3) is 0.315. The number of fused-ring (bicyclic) bond motifs is 8. The topological polar surface area (TPSA) is 175 Å². The van der Waals surface area contributed by atoms with Gasteiger partial charge in [-0.2, -0.15) is 0 Å². The smallest absolute Gasteiger partial charge is 0.338 e. The first-order valence-corrected chi connectivity index (χ1v) is 23.1. The third-order valence-electron chi connectivity index (χ3n) is 13.1. The van der Waals surface area contributed by atoms with Crippen molar-refractivity contribution < 1.29 is 52.5 Å². The summed E-state index contributed by atoms with van der Waals surface area (Å²) >= 11 is 0. The fourth-order valence-electron chi connectivity index (χ4n) is 10.0. The number of benzene rings is 5. The predicted octanol–water partition coefficient (Wildman–Crippen LogP) is 8.62. The normalized spacial score (nSPS) is 17.8. The third-order valence-corrected chi connectivity index (χ3v) is 13.1. The molecule has 5 aromatic rings. The summed E-state index contributed by atoms with van der Waals surface area (Å²) in [7, 11) is 3.02. The molecule has 1 fully saturated rings. The van der Waals surface area contributed by atoms with Crippen LogP contribution in [0, 0.1) is 5.41 Å². The Kier molecular flexibility index (Phi) is 11.6. The summed E-state index contributed by atoms with van der Waals surface area (Å²) in [6.45, 7) is 7.02. The summed E-state index contributed by atoms with van der Waals surface area (Å²) in [5.41, 5.74) is 4.71. The summed E-state index contributed by atoms with van der Waals surface area (Å²) in [5, 5.41) is 0.546. The highest BCUT2D eigenvalue weighted by Gasteiger charge is 2.43. The molecule has 16 nitrogen and oxygen atoms in total. The molecular weight excluding hydrogens is 895 g/mol. The average Bonchev–Trinajstić information content (AvgIpc) is 3.95. The maximum Gasteiger partial charge on any atom is 0.338 e. The Labute approximate surface area is 404 Å². The fourth-order valence-corrected chi connectivity index (χ4v) is 10.0. The first kappa shape index (κ1) is 45.8. The molecule has 5 heterocycles. The second kappa shape index (κ2) is 17.8. The quantitative estimate of drug-likeness (QED) is 0.0975. The van der Waals surface area contributed by atoms with Gasteiger partial charge in [-0.1, -0.05) is 36.4 Å². The van der Waals surface area contributed by atoms with E-state index in [9.17, 15) is 24.0 Å². The number of anilines is 2. The molecule has 5 aliphatic heterocycles. The summed E-state index contributed by atoms with van der Waals surface area (Å²) in [6, 6.07) is 27.5. The summed E-state index contributed by atoms with van der Waals surface area (Å²) in [5.74, 6) is -0.407. The predicted molar refractivity (Wildman–Crippen MR) is 259 cm³/mol. The van der Waals surface area contributed by atoms with Crippen molar-refractivity contribution >= 4 is 64.8 Å². The van der Waals surface area contributed by atoms with E-state index in [2.05, 4.69) is 0 Å². The summed E-state index contributed by atoms with van der Waals surface area (Å²) < 4.78 is 31.2. The highest BCUT2D eigenvalue weighted by atomic mass is 16.7. The molecule has 0 spiro atoms. The molecule has 0 bridgehead atoms. The van der Waals surface area contributed by atoms with Gasteiger partial charge in [-0.3, -0.25) is 39.0 Å². The van der Waals surface area contributed by atoms with Crippen LogP contribution in [-0.4, -0.2) is 79.0 Å². The summed E-state index contributed by atoms with van der Waals surface area (Å²) in [4.78, 5) is 84.4. The first-order valence-electron chi connectivity index (χ1n) is 23.1. The van der Waals surface area contributed by atoms with E-state index in [-0.39, 0.29) is 56.4 Å². The van der Waals surface area contributed by atoms with Gasteiger partial charge in [-0.05, 0) is 92.4 Å². The lowest BCUT2D eigenvalue weighted by molar-refractivity contribution is -0.205. The number of imide groups is 1. The van der Waals surface area contributed by atoms with Crippen LogP contribution in [0.2, 0.25) is 0 Å². The van der Waals surface area contributed by atoms with Crippen LogP contribution in [0.3, 0.4) is 0 Å². The molecule has 358 valence electrons. The second-order valence-corrected chi connectivity index (χ2v) is 19.2. The van der Waals surface area contributed by atoms with Gasteiger partial charge in [0.1, 0.15) is 24.6 Å². The van der Waals surface area contributed by atoms with E-state index in [0.29, 0.717) is 80.3 Å². The van der Waals surface area contributed by atoms with Crippen molar-refractivity contribution in [3.05, 3.63) is 124 Å². The molecule has 70 heavy (non-hydrogen) atoms. The zero-order valence-corrected chi connectivity index (χ0v) is 39.6. The molecule has 0 saturated carbocycles. The highest BCUT2D eigenvalue weighted by molar-refractivity contribution is 6.16.